The van der Waals surface area contributed by atoms with Crippen LogP contribution >= 0.6 is 0 Å². The van der Waals surface area contributed by atoms with E-state index in [1.807, 2.05) is 12.1 Å². The number of anilines is 1. The number of sulfonamides is 1. The Hall–Kier alpha value is -1.86. The average Bonchev–Trinajstić information content (AvgIpc) is 2.71. The van der Waals surface area contributed by atoms with Gasteiger partial charge in [-0.05, 0) is 25.5 Å². The number of nitrogens with zero attached hydrogens (tertiary/aromatic N) is 3. The van der Waals surface area contributed by atoms with E-state index in [2.05, 4.69) is 5.10 Å². The molecule has 2 rings (SSSR count). The van der Waals surface area contributed by atoms with Gasteiger partial charge in [0.05, 0.1) is 17.1 Å². The van der Waals surface area contributed by atoms with E-state index in [9.17, 15) is 8.42 Å². The fraction of sp³-hybridized carbons (Fsp3) is 0.357. The number of rotatable bonds is 4. The van der Waals surface area contributed by atoms with E-state index in [-0.39, 0.29) is 11.4 Å². The molecule has 1 aromatic carbocycles. The SMILES string of the molecule is Cc1nn(C)c(C)c1S(=O)(=O)N(C)c1ccccc1CN. The molecule has 0 aliphatic carbocycles. The average molecular weight is 308 g/mol. The summed E-state index contributed by atoms with van der Waals surface area (Å²) in [5.74, 6) is 0. The highest BCUT2D eigenvalue weighted by Gasteiger charge is 2.29. The number of aromatic nitrogens is 2. The molecule has 6 nitrogen and oxygen atoms in total. The molecule has 0 bridgehead atoms. The topological polar surface area (TPSA) is 81.2 Å². The molecule has 0 amide bonds. The van der Waals surface area contributed by atoms with Crippen LogP contribution in [0.15, 0.2) is 29.2 Å². The zero-order valence-corrected chi connectivity index (χ0v) is 13.5. The van der Waals surface area contributed by atoms with Gasteiger partial charge in [-0.1, -0.05) is 18.2 Å². The van der Waals surface area contributed by atoms with Gasteiger partial charge in [0.25, 0.3) is 10.0 Å². The molecule has 21 heavy (non-hydrogen) atoms. The van der Waals surface area contributed by atoms with Gasteiger partial charge < -0.3 is 5.73 Å². The van der Waals surface area contributed by atoms with Crippen LogP contribution in [0.3, 0.4) is 0 Å². The first-order valence-electron chi connectivity index (χ1n) is 6.57. The number of nitrogens with two attached hydrogens (primary N) is 1. The third-order valence-electron chi connectivity index (χ3n) is 3.61. The third-order valence-corrected chi connectivity index (χ3v) is 5.64. The van der Waals surface area contributed by atoms with Gasteiger partial charge in [0, 0.05) is 20.6 Å². The summed E-state index contributed by atoms with van der Waals surface area (Å²) in [4.78, 5) is 0.249. The van der Waals surface area contributed by atoms with Crippen LogP contribution in [-0.4, -0.2) is 25.2 Å². The Morgan fingerprint density at radius 1 is 1.29 bits per heavy atom. The van der Waals surface area contributed by atoms with Crippen molar-refractivity contribution < 1.29 is 8.42 Å². The van der Waals surface area contributed by atoms with Crippen LogP contribution in [0, 0.1) is 13.8 Å². The van der Waals surface area contributed by atoms with Crippen molar-refractivity contribution in [2.24, 2.45) is 12.8 Å². The van der Waals surface area contributed by atoms with E-state index in [1.54, 1.807) is 37.7 Å². The number of hydrogen-bond donors (Lipinski definition) is 1. The highest BCUT2D eigenvalue weighted by atomic mass is 32.2. The molecule has 7 heteroatoms. The molecule has 0 unspecified atom stereocenters. The van der Waals surface area contributed by atoms with Gasteiger partial charge in [-0.15, -0.1) is 0 Å². The van der Waals surface area contributed by atoms with Crippen LogP contribution in [0.1, 0.15) is 17.0 Å². The Bertz CT molecular complexity index is 765. The van der Waals surface area contributed by atoms with Crippen LogP contribution in [0.4, 0.5) is 5.69 Å². The quantitative estimate of drug-likeness (QED) is 0.923. The second-order valence-electron chi connectivity index (χ2n) is 4.93. The predicted octanol–water partition coefficient (Wildman–Crippen LogP) is 1.32. The van der Waals surface area contributed by atoms with Gasteiger partial charge in [-0.2, -0.15) is 5.10 Å². The van der Waals surface area contributed by atoms with E-state index >= 15 is 0 Å². The lowest BCUT2D eigenvalue weighted by Crippen LogP contribution is -2.28. The van der Waals surface area contributed by atoms with E-state index in [1.165, 1.54) is 11.4 Å². The molecule has 0 atom stereocenters. The first kappa shape index (κ1) is 15.5. The fourth-order valence-corrected chi connectivity index (χ4v) is 4.02. The molecule has 0 aliphatic heterocycles. The van der Waals surface area contributed by atoms with Gasteiger partial charge in [-0.3, -0.25) is 8.99 Å². The summed E-state index contributed by atoms with van der Waals surface area (Å²) >= 11 is 0. The summed E-state index contributed by atoms with van der Waals surface area (Å²) in [6.45, 7) is 3.72. The monoisotopic (exact) mass is 308 g/mol. The summed E-state index contributed by atoms with van der Waals surface area (Å²) < 4.78 is 28.6. The van der Waals surface area contributed by atoms with Gasteiger partial charge in [0.15, 0.2) is 0 Å². The molecule has 1 aromatic heterocycles. The zero-order valence-electron chi connectivity index (χ0n) is 12.7. The Morgan fingerprint density at radius 2 is 1.90 bits per heavy atom. The maximum Gasteiger partial charge on any atom is 0.267 e. The molecule has 0 fully saturated rings. The Balaban J connectivity index is 2.58. The summed E-state index contributed by atoms with van der Waals surface area (Å²) in [5.41, 5.74) is 8.17. The molecule has 0 spiro atoms. The van der Waals surface area contributed by atoms with Crippen LogP contribution in [-0.2, 0) is 23.6 Å². The normalized spacial score (nSPS) is 11.7. The zero-order chi connectivity index (χ0) is 15.8. The lowest BCUT2D eigenvalue weighted by atomic mass is 10.2. The lowest BCUT2D eigenvalue weighted by Gasteiger charge is -2.22. The van der Waals surface area contributed by atoms with Crippen molar-refractivity contribution in [2.75, 3.05) is 11.4 Å². The first-order valence-corrected chi connectivity index (χ1v) is 8.01. The molecule has 1 heterocycles. The minimum absolute atomic E-state index is 0.249. The van der Waals surface area contributed by atoms with Crippen LogP contribution in [0.5, 0.6) is 0 Å². The van der Waals surface area contributed by atoms with Gasteiger partial charge in [0.1, 0.15) is 4.90 Å². The van der Waals surface area contributed by atoms with Gasteiger partial charge in [0.2, 0.25) is 0 Å². The van der Waals surface area contributed by atoms with Gasteiger partial charge in [-0.25, -0.2) is 8.42 Å². The number of hydrogen-bond acceptors (Lipinski definition) is 4. The number of aryl methyl sites for hydroxylation is 2. The van der Waals surface area contributed by atoms with Crippen LogP contribution in [0.25, 0.3) is 0 Å². The van der Waals surface area contributed by atoms with Crippen molar-refractivity contribution in [2.45, 2.75) is 25.3 Å². The van der Waals surface area contributed by atoms with Crippen molar-refractivity contribution in [1.29, 1.82) is 0 Å². The largest absolute Gasteiger partial charge is 0.326 e. The predicted molar refractivity (Wildman–Crippen MR) is 82.6 cm³/mol. The van der Waals surface area contributed by atoms with Gasteiger partial charge >= 0.3 is 0 Å². The summed E-state index contributed by atoms with van der Waals surface area (Å²) in [6.07, 6.45) is 0. The molecule has 114 valence electrons. The highest BCUT2D eigenvalue weighted by Crippen LogP contribution is 2.28. The summed E-state index contributed by atoms with van der Waals surface area (Å²) in [5, 5.41) is 4.18. The van der Waals surface area contributed by atoms with Crippen molar-refractivity contribution in [1.82, 2.24) is 9.78 Å². The molecule has 0 saturated heterocycles. The van der Waals surface area contributed by atoms with E-state index in [4.69, 9.17) is 5.73 Å². The smallest absolute Gasteiger partial charge is 0.267 e. The van der Waals surface area contributed by atoms with E-state index < -0.39 is 10.0 Å². The molecule has 0 aliphatic rings. The summed E-state index contributed by atoms with van der Waals surface area (Å²) in [7, 11) is -0.402. The maximum atomic E-state index is 12.9. The number of para-hydroxylation sites is 1. The second-order valence-corrected chi connectivity index (χ2v) is 6.84. The van der Waals surface area contributed by atoms with Crippen molar-refractivity contribution >= 4 is 15.7 Å². The molecule has 0 radical (unpaired) electrons. The molecular formula is C14H20N4O2S. The Morgan fingerprint density at radius 3 is 2.43 bits per heavy atom. The molecule has 0 saturated carbocycles. The third kappa shape index (κ3) is 2.54. The van der Waals surface area contributed by atoms with E-state index in [0.717, 1.165) is 5.56 Å². The van der Waals surface area contributed by atoms with Crippen molar-refractivity contribution in [3.63, 3.8) is 0 Å². The lowest BCUT2D eigenvalue weighted by molar-refractivity contribution is 0.592. The second kappa shape index (κ2) is 5.50. The maximum absolute atomic E-state index is 12.9. The minimum atomic E-state index is -3.67. The van der Waals surface area contributed by atoms with E-state index in [0.29, 0.717) is 17.1 Å². The number of benzene rings is 1. The van der Waals surface area contributed by atoms with Crippen molar-refractivity contribution in [3.8, 4) is 0 Å². The van der Waals surface area contributed by atoms with Crippen LogP contribution < -0.4 is 10.0 Å². The van der Waals surface area contributed by atoms with Crippen molar-refractivity contribution in [3.05, 3.63) is 41.2 Å². The molecule has 2 aromatic rings. The highest BCUT2D eigenvalue weighted by molar-refractivity contribution is 7.92. The Kier molecular flexibility index (Phi) is 4.06. The summed E-state index contributed by atoms with van der Waals surface area (Å²) in [6, 6.07) is 7.21. The Labute approximate surface area is 125 Å². The standard InChI is InChI=1S/C14H20N4O2S/c1-10-14(11(2)17(3)16-10)21(19,20)18(4)13-8-6-5-7-12(13)9-15/h5-8H,9,15H2,1-4H3. The fourth-order valence-electron chi connectivity index (χ4n) is 2.38. The first-order chi connectivity index (χ1) is 9.80. The van der Waals surface area contributed by atoms with Crippen LogP contribution in [0.2, 0.25) is 0 Å². The molecule has 2 N–H and O–H groups in total. The minimum Gasteiger partial charge on any atom is -0.326 e. The molecular weight excluding hydrogens is 288 g/mol.